The molecule has 0 aliphatic carbocycles. The van der Waals surface area contributed by atoms with Crippen LogP contribution in [0.4, 0.5) is 4.39 Å². The highest BCUT2D eigenvalue weighted by Crippen LogP contribution is 2.22. The number of benzene rings is 1. The van der Waals surface area contributed by atoms with E-state index in [1.807, 2.05) is 4.68 Å². The highest BCUT2D eigenvalue weighted by Gasteiger charge is 2.16. The van der Waals surface area contributed by atoms with Gasteiger partial charge in [0.15, 0.2) is 0 Å². The van der Waals surface area contributed by atoms with Crippen LogP contribution in [0, 0.1) is 11.7 Å². The number of hydrogen-bond acceptors (Lipinski definition) is 2. The van der Waals surface area contributed by atoms with Gasteiger partial charge in [-0.3, -0.25) is 0 Å². The van der Waals surface area contributed by atoms with Gasteiger partial charge < -0.3 is 0 Å². The van der Waals surface area contributed by atoms with E-state index in [0.717, 1.165) is 17.9 Å². The van der Waals surface area contributed by atoms with Crippen molar-refractivity contribution in [1.29, 1.82) is 0 Å². The molecule has 2 aromatic rings. The van der Waals surface area contributed by atoms with E-state index in [1.165, 1.54) is 12.1 Å². The van der Waals surface area contributed by atoms with Crippen LogP contribution in [0.5, 0.6) is 0 Å². The summed E-state index contributed by atoms with van der Waals surface area (Å²) >= 11 is 6.07. The van der Waals surface area contributed by atoms with Crippen LogP contribution in [-0.4, -0.2) is 20.6 Å². The molecule has 20 heavy (non-hydrogen) atoms. The number of nitrogens with zero attached hydrogens (tertiary/aromatic N) is 3. The molecule has 5 heteroatoms. The number of halogens is 2. The average molecular weight is 296 g/mol. The molecule has 3 nitrogen and oxygen atoms in total. The van der Waals surface area contributed by atoms with Crippen LogP contribution in [0.1, 0.15) is 31.2 Å². The maximum atomic E-state index is 13.0. The smallest absolute Gasteiger partial charge is 0.138 e. The zero-order valence-corrected chi connectivity index (χ0v) is 12.5. The Morgan fingerprint density at radius 3 is 2.55 bits per heavy atom. The molecule has 0 saturated carbocycles. The van der Waals surface area contributed by atoms with Crippen LogP contribution >= 0.6 is 11.6 Å². The molecule has 1 heterocycles. The van der Waals surface area contributed by atoms with E-state index < -0.39 is 0 Å². The molecule has 1 atom stereocenters. The highest BCUT2D eigenvalue weighted by molar-refractivity contribution is 6.18. The molecule has 1 aromatic carbocycles. The summed E-state index contributed by atoms with van der Waals surface area (Å²) in [6.07, 6.45) is 2.29. The standard InChI is InChI=1S/C15H19ClFN3/c1-11(2)9-20-15(18-10-19-20)7-13(8-16)12-3-5-14(17)6-4-12/h3-6,10-11,13H,7-9H2,1-2H3. The largest absolute Gasteiger partial charge is 0.250 e. The van der Waals surface area contributed by atoms with Crippen molar-refractivity contribution in [2.45, 2.75) is 32.7 Å². The fourth-order valence-corrected chi connectivity index (χ4v) is 2.45. The molecule has 0 amide bonds. The fourth-order valence-electron chi connectivity index (χ4n) is 2.16. The first-order valence-electron chi connectivity index (χ1n) is 6.78. The lowest BCUT2D eigenvalue weighted by Crippen LogP contribution is -2.14. The molecular formula is C15H19ClFN3. The quantitative estimate of drug-likeness (QED) is 0.762. The summed E-state index contributed by atoms with van der Waals surface area (Å²) in [6, 6.07) is 6.50. The van der Waals surface area contributed by atoms with Gasteiger partial charge in [0, 0.05) is 24.8 Å². The van der Waals surface area contributed by atoms with Crippen LogP contribution < -0.4 is 0 Å². The molecule has 0 N–H and O–H groups in total. The van der Waals surface area contributed by atoms with Crippen molar-refractivity contribution in [2.75, 3.05) is 5.88 Å². The Morgan fingerprint density at radius 2 is 1.95 bits per heavy atom. The molecule has 1 unspecified atom stereocenters. The zero-order valence-electron chi connectivity index (χ0n) is 11.8. The first kappa shape index (κ1) is 15.0. The van der Waals surface area contributed by atoms with E-state index in [0.29, 0.717) is 18.2 Å². The lowest BCUT2D eigenvalue weighted by Gasteiger charge is -2.15. The summed E-state index contributed by atoms with van der Waals surface area (Å²) in [7, 11) is 0. The maximum absolute atomic E-state index is 13.0. The summed E-state index contributed by atoms with van der Waals surface area (Å²) in [4.78, 5) is 4.32. The van der Waals surface area contributed by atoms with Crippen LogP contribution in [0.25, 0.3) is 0 Å². The Labute approximate surface area is 123 Å². The van der Waals surface area contributed by atoms with Crippen molar-refractivity contribution in [3.05, 3.63) is 47.8 Å². The van der Waals surface area contributed by atoms with Crippen LogP contribution in [-0.2, 0) is 13.0 Å². The lowest BCUT2D eigenvalue weighted by molar-refractivity contribution is 0.461. The third-order valence-electron chi connectivity index (χ3n) is 3.19. The second kappa shape index (κ2) is 6.84. The van der Waals surface area contributed by atoms with Gasteiger partial charge in [0.25, 0.3) is 0 Å². The predicted octanol–water partition coefficient (Wildman–Crippen LogP) is 3.64. The third kappa shape index (κ3) is 3.79. The van der Waals surface area contributed by atoms with E-state index >= 15 is 0 Å². The Balaban J connectivity index is 2.14. The van der Waals surface area contributed by atoms with Gasteiger partial charge in [-0.15, -0.1) is 11.6 Å². The molecule has 108 valence electrons. The second-order valence-corrected chi connectivity index (χ2v) is 5.67. The first-order valence-corrected chi connectivity index (χ1v) is 7.31. The molecule has 0 bridgehead atoms. The van der Waals surface area contributed by atoms with Gasteiger partial charge in [-0.2, -0.15) is 5.10 Å². The van der Waals surface area contributed by atoms with E-state index in [1.54, 1.807) is 18.5 Å². The topological polar surface area (TPSA) is 30.7 Å². The SMILES string of the molecule is CC(C)Cn1ncnc1CC(CCl)c1ccc(F)cc1. The van der Waals surface area contributed by atoms with Crippen LogP contribution in [0.2, 0.25) is 0 Å². The van der Waals surface area contributed by atoms with E-state index in [4.69, 9.17) is 11.6 Å². The number of aromatic nitrogens is 3. The minimum atomic E-state index is -0.231. The summed E-state index contributed by atoms with van der Waals surface area (Å²) in [6.45, 7) is 5.13. The molecule has 0 aliphatic rings. The second-order valence-electron chi connectivity index (χ2n) is 5.36. The van der Waals surface area contributed by atoms with Gasteiger partial charge in [-0.25, -0.2) is 14.1 Å². The summed E-state index contributed by atoms with van der Waals surface area (Å²) in [5.74, 6) is 1.79. The predicted molar refractivity (Wildman–Crippen MR) is 78.4 cm³/mol. The van der Waals surface area contributed by atoms with E-state index in [-0.39, 0.29) is 11.7 Å². The molecule has 2 rings (SSSR count). The van der Waals surface area contributed by atoms with Gasteiger partial charge in [0.05, 0.1) is 0 Å². The van der Waals surface area contributed by atoms with Crippen molar-refractivity contribution in [2.24, 2.45) is 5.92 Å². The van der Waals surface area contributed by atoms with Gasteiger partial charge in [-0.05, 0) is 23.6 Å². The molecular weight excluding hydrogens is 277 g/mol. The number of alkyl halides is 1. The Kier molecular flexibility index (Phi) is 5.12. The van der Waals surface area contributed by atoms with Gasteiger partial charge in [0.2, 0.25) is 0 Å². The zero-order chi connectivity index (χ0) is 14.5. The molecule has 0 radical (unpaired) electrons. The Hall–Kier alpha value is -1.42. The van der Waals surface area contributed by atoms with Crippen molar-refractivity contribution in [3.8, 4) is 0 Å². The Morgan fingerprint density at radius 1 is 1.25 bits per heavy atom. The summed E-state index contributed by atoms with van der Waals surface area (Å²) < 4.78 is 14.9. The van der Waals surface area contributed by atoms with Crippen molar-refractivity contribution >= 4 is 11.6 Å². The van der Waals surface area contributed by atoms with Crippen molar-refractivity contribution < 1.29 is 4.39 Å². The number of rotatable bonds is 6. The minimum absolute atomic E-state index is 0.118. The molecule has 0 fully saturated rings. The van der Waals surface area contributed by atoms with Gasteiger partial charge in [-0.1, -0.05) is 26.0 Å². The van der Waals surface area contributed by atoms with Crippen molar-refractivity contribution in [1.82, 2.24) is 14.8 Å². The molecule has 0 saturated heterocycles. The van der Waals surface area contributed by atoms with E-state index in [9.17, 15) is 4.39 Å². The average Bonchev–Trinajstić information content (AvgIpc) is 2.83. The minimum Gasteiger partial charge on any atom is -0.250 e. The van der Waals surface area contributed by atoms with E-state index in [2.05, 4.69) is 23.9 Å². The third-order valence-corrected chi connectivity index (χ3v) is 3.56. The first-order chi connectivity index (χ1) is 9.60. The summed E-state index contributed by atoms with van der Waals surface area (Å²) in [5.41, 5.74) is 1.03. The fraction of sp³-hybridized carbons (Fsp3) is 0.467. The van der Waals surface area contributed by atoms with Crippen molar-refractivity contribution in [3.63, 3.8) is 0 Å². The monoisotopic (exact) mass is 295 g/mol. The number of hydrogen-bond donors (Lipinski definition) is 0. The molecule has 0 spiro atoms. The maximum Gasteiger partial charge on any atom is 0.138 e. The van der Waals surface area contributed by atoms with Crippen LogP contribution in [0.15, 0.2) is 30.6 Å². The Bertz CT molecular complexity index is 536. The molecule has 1 aromatic heterocycles. The van der Waals surface area contributed by atoms with Gasteiger partial charge in [0.1, 0.15) is 18.0 Å². The van der Waals surface area contributed by atoms with Crippen LogP contribution in [0.3, 0.4) is 0 Å². The summed E-state index contributed by atoms with van der Waals surface area (Å²) in [5, 5.41) is 4.25. The van der Waals surface area contributed by atoms with Gasteiger partial charge >= 0.3 is 0 Å². The normalized spacial score (nSPS) is 12.8. The lowest BCUT2D eigenvalue weighted by atomic mass is 9.97. The highest BCUT2D eigenvalue weighted by atomic mass is 35.5. The molecule has 0 aliphatic heterocycles.